The number of methoxy groups -OCH3 is 1. The highest BCUT2D eigenvalue weighted by molar-refractivity contribution is 14.0. The van der Waals surface area contributed by atoms with Crippen LogP contribution in [0.1, 0.15) is 6.42 Å². The fourth-order valence-corrected chi connectivity index (χ4v) is 2.88. The van der Waals surface area contributed by atoms with E-state index in [1.54, 1.807) is 14.2 Å². The minimum atomic E-state index is -4.27. The smallest absolute Gasteiger partial charge is 0.411 e. The van der Waals surface area contributed by atoms with Gasteiger partial charge in [-0.2, -0.15) is 13.2 Å². The van der Waals surface area contributed by atoms with E-state index >= 15 is 0 Å². The summed E-state index contributed by atoms with van der Waals surface area (Å²) in [7, 11) is 3.36. The lowest BCUT2D eigenvalue weighted by atomic mass is 10.2. The number of aliphatic imine (C=N–C) groups is 1. The van der Waals surface area contributed by atoms with Crippen LogP contribution in [0.15, 0.2) is 29.3 Å². The Kier molecular flexibility index (Phi) is 10.7. The molecule has 1 aromatic carbocycles. The molecule has 1 saturated heterocycles. The van der Waals surface area contributed by atoms with Crippen LogP contribution in [-0.2, 0) is 4.74 Å². The molecule has 1 aromatic rings. The lowest BCUT2D eigenvalue weighted by Gasteiger charge is -2.37. The fourth-order valence-electron chi connectivity index (χ4n) is 2.88. The topological polar surface area (TPSA) is 49.3 Å². The van der Waals surface area contributed by atoms with E-state index < -0.39 is 12.8 Å². The molecule has 1 fully saturated rings. The fraction of sp³-hybridized carbons (Fsp3) is 0.611. The number of nitrogens with zero attached hydrogens (tertiary/aromatic N) is 3. The zero-order valence-electron chi connectivity index (χ0n) is 16.2. The van der Waals surface area contributed by atoms with Gasteiger partial charge in [0.15, 0.2) is 5.96 Å². The van der Waals surface area contributed by atoms with Crippen molar-refractivity contribution in [2.75, 3.05) is 65.0 Å². The number of anilines is 1. The van der Waals surface area contributed by atoms with Gasteiger partial charge in [-0.25, -0.2) is 0 Å². The first-order valence-corrected chi connectivity index (χ1v) is 8.92. The highest BCUT2D eigenvalue weighted by Gasteiger charge is 2.27. The zero-order valence-corrected chi connectivity index (χ0v) is 18.5. The summed E-state index contributed by atoms with van der Waals surface area (Å²) in [6.07, 6.45) is -3.79. The Morgan fingerprint density at radius 2 is 1.93 bits per heavy atom. The Balaban J connectivity index is 0.00000392. The van der Waals surface area contributed by atoms with Crippen molar-refractivity contribution in [2.24, 2.45) is 4.99 Å². The Labute approximate surface area is 181 Å². The molecule has 28 heavy (non-hydrogen) atoms. The van der Waals surface area contributed by atoms with E-state index in [1.165, 1.54) is 0 Å². The molecule has 0 bridgehead atoms. The van der Waals surface area contributed by atoms with Gasteiger partial charge in [-0.15, -0.1) is 24.0 Å². The first-order chi connectivity index (χ1) is 12.9. The largest absolute Gasteiger partial charge is 0.497 e. The summed E-state index contributed by atoms with van der Waals surface area (Å²) in [4.78, 5) is 8.70. The molecule has 0 spiro atoms. The maximum atomic E-state index is 12.0. The van der Waals surface area contributed by atoms with Crippen molar-refractivity contribution in [3.63, 3.8) is 0 Å². The van der Waals surface area contributed by atoms with Crippen molar-refractivity contribution < 1.29 is 22.6 Å². The summed E-state index contributed by atoms with van der Waals surface area (Å²) in [5, 5.41) is 3.19. The Bertz CT molecular complexity index is 609. The van der Waals surface area contributed by atoms with Crippen LogP contribution in [-0.4, -0.2) is 77.1 Å². The van der Waals surface area contributed by atoms with E-state index in [9.17, 15) is 13.2 Å². The quantitative estimate of drug-likeness (QED) is 0.262. The van der Waals surface area contributed by atoms with Gasteiger partial charge in [-0.3, -0.25) is 4.99 Å². The number of benzene rings is 1. The highest BCUT2D eigenvalue weighted by Crippen LogP contribution is 2.22. The molecule has 0 aromatic heterocycles. The maximum Gasteiger partial charge on any atom is 0.411 e. The lowest BCUT2D eigenvalue weighted by Crippen LogP contribution is -2.52. The van der Waals surface area contributed by atoms with E-state index in [1.807, 2.05) is 18.2 Å². The van der Waals surface area contributed by atoms with Crippen molar-refractivity contribution in [3.05, 3.63) is 24.3 Å². The van der Waals surface area contributed by atoms with Crippen molar-refractivity contribution in [1.82, 2.24) is 10.2 Å². The first kappa shape index (κ1) is 24.6. The molecule has 0 atom stereocenters. The molecule has 0 amide bonds. The van der Waals surface area contributed by atoms with Gasteiger partial charge in [-0.05, 0) is 18.6 Å². The Hall–Kier alpha value is -1.43. The summed E-state index contributed by atoms with van der Waals surface area (Å²) in [6, 6.07) is 7.97. The molecule has 0 aliphatic carbocycles. The van der Waals surface area contributed by atoms with E-state index in [4.69, 9.17) is 4.74 Å². The van der Waals surface area contributed by atoms with Crippen LogP contribution in [0.3, 0.4) is 0 Å². The molecule has 0 radical (unpaired) electrons. The first-order valence-electron chi connectivity index (χ1n) is 8.92. The monoisotopic (exact) mass is 516 g/mol. The van der Waals surface area contributed by atoms with Gasteiger partial charge in [0.1, 0.15) is 12.4 Å². The molecular formula is C18H28F3IN4O2. The van der Waals surface area contributed by atoms with Crippen LogP contribution in [0.25, 0.3) is 0 Å². The van der Waals surface area contributed by atoms with Gasteiger partial charge in [0.25, 0.3) is 0 Å². The van der Waals surface area contributed by atoms with Crippen LogP contribution < -0.4 is 15.0 Å². The Morgan fingerprint density at radius 3 is 2.54 bits per heavy atom. The van der Waals surface area contributed by atoms with Gasteiger partial charge >= 0.3 is 6.18 Å². The normalized spacial score (nSPS) is 15.2. The molecule has 10 heteroatoms. The van der Waals surface area contributed by atoms with E-state index in [-0.39, 0.29) is 30.6 Å². The summed E-state index contributed by atoms with van der Waals surface area (Å²) in [6.45, 7) is 2.69. The zero-order chi connectivity index (χ0) is 19.7. The second-order valence-corrected chi connectivity index (χ2v) is 6.17. The lowest BCUT2D eigenvalue weighted by molar-refractivity contribution is -0.173. The summed E-state index contributed by atoms with van der Waals surface area (Å²) < 4.78 is 45.9. The molecule has 160 valence electrons. The van der Waals surface area contributed by atoms with Gasteiger partial charge in [0, 0.05) is 58.1 Å². The number of ether oxygens (including phenoxy) is 2. The summed E-state index contributed by atoms with van der Waals surface area (Å²) >= 11 is 0. The number of piperazine rings is 1. The van der Waals surface area contributed by atoms with Gasteiger partial charge in [0.2, 0.25) is 0 Å². The predicted octanol–water partition coefficient (Wildman–Crippen LogP) is 2.98. The van der Waals surface area contributed by atoms with Gasteiger partial charge < -0.3 is 24.6 Å². The number of rotatable bonds is 7. The van der Waals surface area contributed by atoms with Crippen LogP contribution in [0, 0.1) is 0 Å². The molecule has 1 N–H and O–H groups in total. The average molecular weight is 516 g/mol. The van der Waals surface area contributed by atoms with E-state index in [0.29, 0.717) is 13.0 Å². The summed E-state index contributed by atoms with van der Waals surface area (Å²) in [5.41, 5.74) is 1.12. The van der Waals surface area contributed by atoms with Crippen molar-refractivity contribution in [2.45, 2.75) is 12.6 Å². The molecule has 2 rings (SSSR count). The molecule has 1 aliphatic heterocycles. The van der Waals surface area contributed by atoms with Crippen LogP contribution >= 0.6 is 24.0 Å². The van der Waals surface area contributed by atoms with Crippen molar-refractivity contribution in [1.29, 1.82) is 0 Å². The number of halogens is 4. The number of hydrogen-bond donors (Lipinski definition) is 1. The number of guanidine groups is 1. The number of alkyl halides is 3. The predicted molar refractivity (Wildman–Crippen MR) is 115 cm³/mol. The molecule has 1 aliphatic rings. The van der Waals surface area contributed by atoms with Crippen LogP contribution in [0.5, 0.6) is 5.75 Å². The Morgan fingerprint density at radius 1 is 1.21 bits per heavy atom. The minimum Gasteiger partial charge on any atom is -0.497 e. The van der Waals surface area contributed by atoms with Gasteiger partial charge in [-0.1, -0.05) is 6.07 Å². The second-order valence-electron chi connectivity index (χ2n) is 6.17. The average Bonchev–Trinajstić information content (AvgIpc) is 2.67. The third kappa shape index (κ3) is 8.29. The van der Waals surface area contributed by atoms with Crippen molar-refractivity contribution in [3.8, 4) is 5.75 Å². The second kappa shape index (κ2) is 12.2. The van der Waals surface area contributed by atoms with Gasteiger partial charge in [0.05, 0.1) is 7.11 Å². The minimum absolute atomic E-state index is 0. The highest BCUT2D eigenvalue weighted by atomic mass is 127. The molecule has 0 unspecified atom stereocenters. The standard InChI is InChI=1S/C18H27F3N4O2.HI/c1-22-17(23-7-4-12-27-14-18(19,20)21)25-10-8-24(9-11-25)15-5-3-6-16(13-15)26-2;/h3,5-6,13H,4,7-12,14H2,1-2H3,(H,22,23);1H. The van der Waals surface area contributed by atoms with E-state index in [2.05, 4.69) is 30.9 Å². The van der Waals surface area contributed by atoms with Crippen molar-refractivity contribution >= 4 is 35.6 Å². The number of hydrogen-bond acceptors (Lipinski definition) is 4. The maximum absolute atomic E-state index is 12.0. The SMILES string of the molecule is CN=C(NCCCOCC(F)(F)F)N1CCN(c2cccc(OC)c2)CC1.I. The third-order valence-electron chi connectivity index (χ3n) is 4.22. The molecule has 1 heterocycles. The van der Waals surface area contributed by atoms with Crippen LogP contribution in [0.2, 0.25) is 0 Å². The molecule has 6 nitrogen and oxygen atoms in total. The molecule has 0 saturated carbocycles. The molecular weight excluding hydrogens is 488 g/mol. The van der Waals surface area contributed by atoms with E-state index in [0.717, 1.165) is 43.6 Å². The third-order valence-corrected chi connectivity index (χ3v) is 4.22. The summed E-state index contributed by atoms with van der Waals surface area (Å²) in [5.74, 6) is 1.59. The van der Waals surface area contributed by atoms with Crippen LogP contribution in [0.4, 0.5) is 18.9 Å². The number of nitrogens with one attached hydrogen (secondary N) is 1.